The number of phenols is 1. The molecular weight excluding hydrogens is 452 g/mol. The largest absolute Gasteiger partial charge is 0.507 e. The number of hydrogen-bond donors (Lipinski definition) is 1. The van der Waals surface area contributed by atoms with E-state index in [4.69, 9.17) is 0 Å². The lowest BCUT2D eigenvalue weighted by atomic mass is 9.97. The Kier molecular flexibility index (Phi) is 19.5. The Bertz CT molecular complexity index is 616. The van der Waals surface area contributed by atoms with Crippen LogP contribution in [0.4, 0.5) is 0 Å². The molecule has 34 heavy (non-hydrogen) atoms. The van der Waals surface area contributed by atoms with Crippen molar-refractivity contribution in [3.63, 3.8) is 0 Å². The Labute approximate surface area is 222 Å². The van der Waals surface area contributed by atoms with E-state index < -0.39 is 0 Å². The Morgan fingerprint density at radius 3 is 1.62 bits per heavy atom. The predicted molar refractivity (Wildman–Crippen MR) is 160 cm³/mol. The first-order valence-corrected chi connectivity index (χ1v) is 16.7. The van der Waals surface area contributed by atoms with E-state index in [2.05, 4.69) is 70.3 Å². The summed E-state index contributed by atoms with van der Waals surface area (Å²) in [4.78, 5) is 0. The molecule has 0 radical (unpaired) electrons. The van der Waals surface area contributed by atoms with Gasteiger partial charge in [-0.1, -0.05) is 111 Å². The van der Waals surface area contributed by atoms with Crippen molar-refractivity contribution < 1.29 is 5.11 Å². The van der Waals surface area contributed by atoms with Crippen LogP contribution in [0.25, 0.3) is 0 Å². The van der Waals surface area contributed by atoms with E-state index in [1.54, 1.807) is 0 Å². The molecule has 0 aromatic heterocycles. The van der Waals surface area contributed by atoms with Crippen LogP contribution < -0.4 is 0 Å². The first-order valence-electron chi connectivity index (χ1n) is 14.6. The topological polar surface area (TPSA) is 20.2 Å². The van der Waals surface area contributed by atoms with Gasteiger partial charge in [-0.3, -0.25) is 0 Å². The molecule has 0 spiro atoms. The monoisotopic (exact) mass is 508 g/mol. The van der Waals surface area contributed by atoms with Crippen molar-refractivity contribution in [1.82, 2.24) is 0 Å². The van der Waals surface area contributed by atoms with Crippen molar-refractivity contribution in [2.75, 3.05) is 11.5 Å². The molecule has 0 heterocycles. The number of phenolic OH excluding ortho intramolecular Hbond substituents is 1. The molecule has 2 unspecified atom stereocenters. The summed E-state index contributed by atoms with van der Waals surface area (Å²) in [7, 11) is 0. The maximum Gasteiger partial charge on any atom is 0.122 e. The van der Waals surface area contributed by atoms with Gasteiger partial charge in [0.2, 0.25) is 0 Å². The number of rotatable bonds is 22. The zero-order chi connectivity index (χ0) is 25.0. The quantitative estimate of drug-likeness (QED) is 0.157. The average molecular weight is 509 g/mol. The number of aryl methyl sites for hydroxylation is 1. The molecule has 0 saturated heterocycles. The van der Waals surface area contributed by atoms with Crippen LogP contribution in [-0.4, -0.2) is 16.6 Å². The van der Waals surface area contributed by atoms with Gasteiger partial charge < -0.3 is 5.11 Å². The number of hydrogen-bond acceptors (Lipinski definition) is 3. The smallest absolute Gasteiger partial charge is 0.122 e. The normalized spacial score (nSPS) is 13.3. The van der Waals surface area contributed by atoms with Gasteiger partial charge in [0.15, 0.2) is 0 Å². The van der Waals surface area contributed by atoms with Crippen molar-refractivity contribution in [3.05, 3.63) is 28.8 Å². The van der Waals surface area contributed by atoms with E-state index in [-0.39, 0.29) is 0 Å². The van der Waals surface area contributed by atoms with Crippen molar-refractivity contribution in [2.45, 2.75) is 148 Å². The summed E-state index contributed by atoms with van der Waals surface area (Å²) in [5.41, 5.74) is 3.72. The van der Waals surface area contributed by atoms with Gasteiger partial charge in [0, 0.05) is 16.1 Å². The molecule has 0 aliphatic heterocycles. The second-order valence-corrected chi connectivity index (χ2v) is 12.7. The van der Waals surface area contributed by atoms with Gasteiger partial charge in [-0.25, -0.2) is 0 Å². The molecule has 0 saturated carbocycles. The van der Waals surface area contributed by atoms with Gasteiger partial charge in [-0.15, -0.1) is 0 Å². The Hall–Kier alpha value is -0.280. The van der Waals surface area contributed by atoms with Crippen LogP contribution in [0.3, 0.4) is 0 Å². The molecule has 1 aromatic carbocycles. The van der Waals surface area contributed by atoms with Crippen molar-refractivity contribution >= 4 is 23.5 Å². The van der Waals surface area contributed by atoms with Gasteiger partial charge in [-0.05, 0) is 61.3 Å². The molecule has 3 heteroatoms. The minimum absolute atomic E-state index is 0.421. The summed E-state index contributed by atoms with van der Waals surface area (Å²) in [5.74, 6) is 3.02. The first kappa shape index (κ1) is 31.7. The minimum Gasteiger partial charge on any atom is -0.507 e. The molecule has 1 N–H and O–H groups in total. The van der Waals surface area contributed by atoms with Gasteiger partial charge in [-0.2, -0.15) is 23.5 Å². The van der Waals surface area contributed by atoms with Crippen LogP contribution in [0.5, 0.6) is 5.75 Å². The lowest BCUT2D eigenvalue weighted by Gasteiger charge is -2.23. The molecule has 0 bridgehead atoms. The van der Waals surface area contributed by atoms with Crippen LogP contribution in [0, 0.1) is 6.92 Å². The van der Waals surface area contributed by atoms with E-state index >= 15 is 0 Å². The standard InChI is InChI=1S/C31H56OS2/c1-6-10-12-14-16-18-22-33-29(20-8-3)27-24-26(5)31(32)28(25-27)30(21-9-4)34-23-19-17-15-13-11-7-2/h24-25,29-30,32H,6-23H2,1-5H3. The lowest BCUT2D eigenvalue weighted by molar-refractivity contribution is 0.461. The maximum absolute atomic E-state index is 11.0. The summed E-state index contributed by atoms with van der Waals surface area (Å²) < 4.78 is 0. The minimum atomic E-state index is 0.421. The highest BCUT2D eigenvalue weighted by molar-refractivity contribution is 7.99. The summed E-state index contributed by atoms with van der Waals surface area (Å²) in [6, 6.07) is 4.65. The zero-order valence-electron chi connectivity index (χ0n) is 23.3. The van der Waals surface area contributed by atoms with E-state index in [0.29, 0.717) is 16.2 Å². The second kappa shape index (κ2) is 20.9. The fraction of sp³-hybridized carbons (Fsp3) is 0.806. The summed E-state index contributed by atoms with van der Waals surface area (Å²) in [6.45, 7) is 11.3. The lowest BCUT2D eigenvalue weighted by Crippen LogP contribution is -2.03. The molecular formula is C31H56OS2. The third-order valence-electron chi connectivity index (χ3n) is 6.81. The van der Waals surface area contributed by atoms with Gasteiger partial charge in [0.05, 0.1) is 0 Å². The van der Waals surface area contributed by atoms with Crippen LogP contribution in [0.2, 0.25) is 0 Å². The predicted octanol–water partition coefficient (Wildman–Crippen LogP) is 11.6. The molecule has 0 aliphatic rings. The third kappa shape index (κ3) is 13.1. The molecule has 1 rings (SSSR count). The van der Waals surface area contributed by atoms with Crippen LogP contribution in [0.15, 0.2) is 12.1 Å². The molecule has 0 aliphatic carbocycles. The average Bonchev–Trinajstić information content (AvgIpc) is 2.83. The van der Waals surface area contributed by atoms with E-state index in [9.17, 15) is 5.11 Å². The molecule has 1 nitrogen and oxygen atoms in total. The van der Waals surface area contributed by atoms with E-state index in [0.717, 1.165) is 12.0 Å². The Balaban J connectivity index is 2.77. The highest BCUT2D eigenvalue weighted by atomic mass is 32.2. The summed E-state index contributed by atoms with van der Waals surface area (Å²) in [6.07, 6.45) is 21.1. The van der Waals surface area contributed by atoms with Gasteiger partial charge >= 0.3 is 0 Å². The molecule has 2 atom stereocenters. The highest BCUT2D eigenvalue weighted by Gasteiger charge is 2.21. The van der Waals surface area contributed by atoms with Crippen LogP contribution in [-0.2, 0) is 0 Å². The summed E-state index contributed by atoms with van der Waals surface area (Å²) >= 11 is 4.24. The first-order chi connectivity index (χ1) is 16.6. The fourth-order valence-electron chi connectivity index (χ4n) is 4.68. The van der Waals surface area contributed by atoms with Crippen molar-refractivity contribution in [2.24, 2.45) is 0 Å². The number of thioether (sulfide) groups is 2. The maximum atomic E-state index is 11.0. The van der Waals surface area contributed by atoms with E-state index in [1.807, 2.05) is 0 Å². The fourth-order valence-corrected chi connectivity index (χ4v) is 7.49. The molecule has 1 aromatic rings. The van der Waals surface area contributed by atoms with Crippen molar-refractivity contribution in [3.8, 4) is 5.75 Å². The number of unbranched alkanes of at least 4 members (excludes halogenated alkanes) is 10. The number of benzene rings is 1. The van der Waals surface area contributed by atoms with Crippen LogP contribution >= 0.6 is 23.5 Å². The highest BCUT2D eigenvalue weighted by Crippen LogP contribution is 2.44. The molecule has 0 amide bonds. The third-order valence-corrected chi connectivity index (χ3v) is 9.66. The van der Waals surface area contributed by atoms with Crippen LogP contribution in [0.1, 0.15) is 158 Å². The second-order valence-electron chi connectivity index (χ2n) is 10.1. The number of aromatic hydroxyl groups is 1. The summed E-state index contributed by atoms with van der Waals surface area (Å²) in [5, 5.41) is 12.0. The van der Waals surface area contributed by atoms with Gasteiger partial charge in [0.25, 0.3) is 0 Å². The zero-order valence-corrected chi connectivity index (χ0v) is 24.9. The molecule has 198 valence electrons. The SMILES string of the molecule is CCCCCCCCSC(CCC)c1cc(C)c(O)c(C(CCC)SCCCCCCCC)c1. The van der Waals surface area contributed by atoms with Gasteiger partial charge in [0.1, 0.15) is 5.75 Å². The Morgan fingerprint density at radius 2 is 1.09 bits per heavy atom. The van der Waals surface area contributed by atoms with E-state index in [1.165, 1.54) is 119 Å². The van der Waals surface area contributed by atoms with Crippen molar-refractivity contribution in [1.29, 1.82) is 0 Å². The Morgan fingerprint density at radius 1 is 0.618 bits per heavy atom. The molecule has 0 fully saturated rings.